The number of pyridine rings is 1. The Kier molecular flexibility index (Phi) is 3.07. The molecule has 0 radical (unpaired) electrons. The van der Waals surface area contributed by atoms with E-state index in [1.807, 2.05) is 24.6 Å². The van der Waals surface area contributed by atoms with Gasteiger partial charge in [0.05, 0.1) is 27.7 Å². The summed E-state index contributed by atoms with van der Waals surface area (Å²) in [5, 5.41) is 4.46. The van der Waals surface area contributed by atoms with E-state index in [1.165, 1.54) is 0 Å². The van der Waals surface area contributed by atoms with Crippen LogP contribution in [-0.2, 0) is 6.54 Å². The zero-order valence-corrected chi connectivity index (χ0v) is 10.8. The lowest BCUT2D eigenvalue weighted by molar-refractivity contribution is 0.811. The van der Waals surface area contributed by atoms with Crippen LogP contribution in [0.2, 0.25) is 0 Å². The van der Waals surface area contributed by atoms with Gasteiger partial charge >= 0.3 is 0 Å². The molecule has 2 rings (SSSR count). The normalized spacial score (nSPS) is 10.8. The zero-order valence-electron chi connectivity index (χ0n) is 9.24. The maximum Gasteiger partial charge on any atom is 0.0877 e. The van der Waals surface area contributed by atoms with E-state index in [9.17, 15) is 0 Å². The van der Waals surface area contributed by atoms with Crippen LogP contribution in [0.1, 0.15) is 17.0 Å². The molecule has 2 heterocycles. The summed E-state index contributed by atoms with van der Waals surface area (Å²) in [7, 11) is 0. The number of hydrogen-bond acceptors (Lipinski definition) is 3. The minimum atomic E-state index is 0.480. The molecule has 0 fully saturated rings. The molecule has 0 atom stereocenters. The lowest BCUT2D eigenvalue weighted by Gasteiger charge is -2.08. The van der Waals surface area contributed by atoms with Gasteiger partial charge in [-0.25, -0.2) is 4.68 Å². The molecule has 0 spiro atoms. The molecule has 2 aromatic heterocycles. The third-order valence-corrected chi connectivity index (χ3v) is 3.69. The van der Waals surface area contributed by atoms with Gasteiger partial charge in [-0.2, -0.15) is 5.10 Å². The number of aromatic nitrogens is 3. The summed E-state index contributed by atoms with van der Waals surface area (Å²) < 4.78 is 2.90. The predicted molar refractivity (Wildman–Crippen MR) is 66.4 cm³/mol. The molecular weight excluding hydrogens is 268 g/mol. The number of aryl methyl sites for hydroxylation is 1. The molecule has 0 aromatic carbocycles. The Morgan fingerprint density at radius 1 is 1.44 bits per heavy atom. The molecule has 0 aliphatic carbocycles. The van der Waals surface area contributed by atoms with Gasteiger partial charge in [-0.1, -0.05) is 0 Å². The van der Waals surface area contributed by atoms with Crippen LogP contribution < -0.4 is 5.73 Å². The summed E-state index contributed by atoms with van der Waals surface area (Å²) in [5.74, 6) is 0. The molecule has 0 saturated carbocycles. The fourth-order valence-corrected chi connectivity index (χ4v) is 1.88. The summed E-state index contributed by atoms with van der Waals surface area (Å²) in [5.41, 5.74) is 9.70. The molecule has 0 amide bonds. The van der Waals surface area contributed by atoms with Crippen molar-refractivity contribution in [1.82, 2.24) is 14.8 Å². The molecule has 2 aromatic rings. The van der Waals surface area contributed by atoms with Crippen molar-refractivity contribution in [3.63, 3.8) is 0 Å². The first kappa shape index (κ1) is 11.3. The second-order valence-electron chi connectivity index (χ2n) is 3.61. The summed E-state index contributed by atoms with van der Waals surface area (Å²) in [4.78, 5) is 4.12. The fraction of sp³-hybridized carbons (Fsp3) is 0.273. The van der Waals surface area contributed by atoms with E-state index < -0.39 is 0 Å². The number of nitrogens with zero attached hydrogens (tertiary/aromatic N) is 3. The topological polar surface area (TPSA) is 56.7 Å². The van der Waals surface area contributed by atoms with Crippen LogP contribution in [-0.4, -0.2) is 14.8 Å². The average Bonchev–Trinajstić information content (AvgIpc) is 2.57. The highest BCUT2D eigenvalue weighted by atomic mass is 79.9. The molecule has 16 heavy (non-hydrogen) atoms. The second-order valence-corrected chi connectivity index (χ2v) is 4.40. The summed E-state index contributed by atoms with van der Waals surface area (Å²) in [6, 6.07) is 1.92. The molecule has 2 N–H and O–H groups in total. The maximum absolute atomic E-state index is 5.70. The highest BCUT2D eigenvalue weighted by Gasteiger charge is 2.12. The summed E-state index contributed by atoms with van der Waals surface area (Å²) >= 11 is 3.51. The Morgan fingerprint density at radius 2 is 2.19 bits per heavy atom. The van der Waals surface area contributed by atoms with Crippen molar-refractivity contribution >= 4 is 15.9 Å². The summed E-state index contributed by atoms with van der Waals surface area (Å²) in [6.07, 6.45) is 3.53. The van der Waals surface area contributed by atoms with E-state index in [0.717, 1.165) is 27.1 Å². The first-order chi connectivity index (χ1) is 7.65. The van der Waals surface area contributed by atoms with Crippen LogP contribution in [0.4, 0.5) is 0 Å². The van der Waals surface area contributed by atoms with Gasteiger partial charge in [0, 0.05) is 12.7 Å². The van der Waals surface area contributed by atoms with Crippen LogP contribution in [0.15, 0.2) is 22.9 Å². The lowest BCUT2D eigenvalue weighted by atomic mass is 10.2. The average molecular weight is 281 g/mol. The van der Waals surface area contributed by atoms with Crippen LogP contribution in [0, 0.1) is 13.8 Å². The molecule has 4 nitrogen and oxygen atoms in total. The van der Waals surface area contributed by atoms with E-state index in [4.69, 9.17) is 5.73 Å². The predicted octanol–water partition coefficient (Wildman–Crippen LogP) is 2.11. The van der Waals surface area contributed by atoms with E-state index >= 15 is 0 Å². The number of halogens is 1. The quantitative estimate of drug-likeness (QED) is 0.917. The molecule has 5 heteroatoms. The monoisotopic (exact) mass is 280 g/mol. The summed E-state index contributed by atoms with van der Waals surface area (Å²) in [6.45, 7) is 4.46. The van der Waals surface area contributed by atoms with Gasteiger partial charge < -0.3 is 5.73 Å². The third-order valence-electron chi connectivity index (χ3n) is 2.54. The van der Waals surface area contributed by atoms with Crippen LogP contribution >= 0.6 is 15.9 Å². The number of rotatable bonds is 2. The Balaban J connectivity index is 2.63. The van der Waals surface area contributed by atoms with Crippen molar-refractivity contribution in [3.8, 4) is 5.69 Å². The molecule has 0 saturated heterocycles. The van der Waals surface area contributed by atoms with Gasteiger partial charge in [0.15, 0.2) is 0 Å². The Morgan fingerprint density at radius 3 is 2.75 bits per heavy atom. The lowest BCUT2D eigenvalue weighted by Crippen LogP contribution is -2.07. The SMILES string of the molecule is Cc1nn(-c2cnccc2CN)c(C)c1Br. The van der Waals surface area contributed by atoms with Gasteiger partial charge in [0.2, 0.25) is 0 Å². The zero-order chi connectivity index (χ0) is 11.7. The van der Waals surface area contributed by atoms with Gasteiger partial charge in [0.25, 0.3) is 0 Å². The molecular formula is C11H13BrN4. The minimum absolute atomic E-state index is 0.480. The molecule has 0 aliphatic rings. The highest BCUT2D eigenvalue weighted by Crippen LogP contribution is 2.23. The number of hydrogen-bond donors (Lipinski definition) is 1. The van der Waals surface area contributed by atoms with Crippen LogP contribution in [0.25, 0.3) is 5.69 Å². The Hall–Kier alpha value is -1.20. The van der Waals surface area contributed by atoms with Crippen molar-refractivity contribution in [2.24, 2.45) is 5.73 Å². The standard InChI is InChI=1S/C11H13BrN4/c1-7-11(12)8(2)16(15-7)10-6-14-4-3-9(10)5-13/h3-4,6H,5,13H2,1-2H3. The molecule has 0 unspecified atom stereocenters. The van der Waals surface area contributed by atoms with Crippen molar-refractivity contribution in [2.45, 2.75) is 20.4 Å². The smallest absolute Gasteiger partial charge is 0.0877 e. The van der Waals surface area contributed by atoms with E-state index in [0.29, 0.717) is 6.54 Å². The highest BCUT2D eigenvalue weighted by molar-refractivity contribution is 9.10. The number of nitrogens with two attached hydrogens (primary N) is 1. The second kappa shape index (κ2) is 4.35. The third kappa shape index (κ3) is 1.76. The molecule has 0 bridgehead atoms. The van der Waals surface area contributed by atoms with E-state index in [2.05, 4.69) is 26.0 Å². The van der Waals surface area contributed by atoms with Gasteiger partial charge in [0.1, 0.15) is 0 Å². The molecule has 84 valence electrons. The van der Waals surface area contributed by atoms with Gasteiger partial charge in [-0.3, -0.25) is 4.98 Å². The first-order valence-corrected chi connectivity index (χ1v) is 5.79. The van der Waals surface area contributed by atoms with Crippen LogP contribution in [0.3, 0.4) is 0 Å². The van der Waals surface area contributed by atoms with Crippen molar-refractivity contribution in [2.75, 3.05) is 0 Å². The minimum Gasteiger partial charge on any atom is -0.326 e. The van der Waals surface area contributed by atoms with Crippen LogP contribution in [0.5, 0.6) is 0 Å². The van der Waals surface area contributed by atoms with E-state index in [1.54, 1.807) is 12.4 Å². The van der Waals surface area contributed by atoms with Crippen molar-refractivity contribution in [1.29, 1.82) is 0 Å². The Bertz CT molecular complexity index is 519. The van der Waals surface area contributed by atoms with Gasteiger partial charge in [-0.15, -0.1) is 0 Å². The van der Waals surface area contributed by atoms with E-state index in [-0.39, 0.29) is 0 Å². The van der Waals surface area contributed by atoms with Crippen molar-refractivity contribution < 1.29 is 0 Å². The van der Waals surface area contributed by atoms with Gasteiger partial charge in [-0.05, 0) is 41.4 Å². The molecule has 0 aliphatic heterocycles. The Labute approximate surface area is 103 Å². The first-order valence-electron chi connectivity index (χ1n) is 5.00. The maximum atomic E-state index is 5.70. The van der Waals surface area contributed by atoms with Crippen molar-refractivity contribution in [3.05, 3.63) is 39.9 Å². The largest absolute Gasteiger partial charge is 0.326 e. The fourth-order valence-electron chi connectivity index (χ4n) is 1.64.